The zero-order valence-electron chi connectivity index (χ0n) is 28.4. The molecule has 0 radical (unpaired) electrons. The summed E-state index contributed by atoms with van der Waals surface area (Å²) in [5.74, 6) is 1.60. The van der Waals surface area contributed by atoms with Crippen molar-refractivity contribution >= 4 is 50.9 Å². The van der Waals surface area contributed by atoms with Crippen LogP contribution in [0.4, 0.5) is 0 Å². The summed E-state index contributed by atoms with van der Waals surface area (Å²) in [7, 11) is -13.4. The van der Waals surface area contributed by atoms with Gasteiger partial charge in [0.25, 0.3) is 0 Å². The molecule has 0 bridgehead atoms. The minimum absolute atomic E-state index is 0.557. The van der Waals surface area contributed by atoms with Gasteiger partial charge in [-0.25, -0.2) is 0 Å². The number of ether oxygens (including phenoxy) is 2. The maximum absolute atomic E-state index is 6.89. The van der Waals surface area contributed by atoms with E-state index in [1.165, 1.54) is 63.5 Å². The van der Waals surface area contributed by atoms with E-state index in [0.29, 0.717) is 24.4 Å². The lowest BCUT2D eigenvalue weighted by molar-refractivity contribution is 0.280. The minimum Gasteiger partial charge on any atom is -0.436 e. The Balaban J connectivity index is 1.22. The van der Waals surface area contributed by atoms with Gasteiger partial charge in [-0.05, 0) is 141 Å². The molecule has 41 heavy (non-hydrogen) atoms. The van der Waals surface area contributed by atoms with Crippen LogP contribution in [0.15, 0.2) is 0 Å². The third-order valence-electron chi connectivity index (χ3n) is 9.05. The molecule has 0 aromatic rings. The fraction of sp³-hybridized carbons (Fsp3) is 1.00. The quantitative estimate of drug-likeness (QED) is 0.120. The van der Waals surface area contributed by atoms with Crippen LogP contribution in [0.1, 0.15) is 51.4 Å². The number of epoxide rings is 2. The second-order valence-electron chi connectivity index (χ2n) is 16.5. The van der Waals surface area contributed by atoms with Crippen LogP contribution in [-0.4, -0.2) is 75.3 Å². The number of fused-ring (bicyclic) bond motifs is 2. The third kappa shape index (κ3) is 11.7. The molecule has 13 heteroatoms. The van der Waals surface area contributed by atoms with E-state index >= 15 is 0 Å². The van der Waals surface area contributed by atoms with Crippen molar-refractivity contribution < 1.29 is 30.0 Å². The summed E-state index contributed by atoms with van der Waals surface area (Å²) in [5, 5.41) is 0. The number of rotatable bonds is 16. The molecule has 2 heterocycles. The molecule has 0 N–H and O–H groups in total. The molecule has 2 saturated heterocycles. The Morgan fingerprint density at radius 2 is 0.756 bits per heavy atom. The first kappa shape index (κ1) is 34.9. The molecule has 0 aromatic carbocycles. The molecule has 4 rings (SSSR count). The second-order valence-corrected chi connectivity index (χ2v) is 39.8. The van der Waals surface area contributed by atoms with Gasteiger partial charge in [0.05, 0.1) is 24.4 Å². The molecule has 6 atom stereocenters. The van der Waals surface area contributed by atoms with Gasteiger partial charge < -0.3 is 30.0 Å². The summed E-state index contributed by atoms with van der Waals surface area (Å²) >= 11 is 0. The lowest BCUT2D eigenvalue weighted by Gasteiger charge is -2.43. The average Bonchev–Trinajstić information content (AvgIpc) is 3.66. The van der Waals surface area contributed by atoms with Crippen molar-refractivity contribution in [3.8, 4) is 0 Å². The molecule has 2 saturated carbocycles. The van der Waals surface area contributed by atoms with Gasteiger partial charge in [-0.2, -0.15) is 0 Å². The van der Waals surface area contributed by atoms with Gasteiger partial charge in [-0.3, -0.25) is 0 Å². The highest BCUT2D eigenvalue weighted by molar-refractivity contribution is 6.91. The summed E-state index contributed by atoms with van der Waals surface area (Å²) < 4.78 is 45.7. The molecule has 6 unspecified atom stereocenters. The van der Waals surface area contributed by atoms with E-state index in [9.17, 15) is 0 Å². The molecular formula is C28H62O7Si6. The van der Waals surface area contributed by atoms with Crippen LogP contribution in [0, 0.1) is 11.8 Å². The molecule has 2 aliphatic carbocycles. The molecule has 0 spiro atoms. The van der Waals surface area contributed by atoms with Gasteiger partial charge >= 0.3 is 34.2 Å². The van der Waals surface area contributed by atoms with Crippen molar-refractivity contribution in [3.05, 3.63) is 0 Å². The van der Waals surface area contributed by atoms with Crippen molar-refractivity contribution in [1.29, 1.82) is 0 Å². The van der Waals surface area contributed by atoms with E-state index in [2.05, 4.69) is 78.6 Å². The smallest absolute Gasteiger partial charge is 0.314 e. The van der Waals surface area contributed by atoms with Crippen LogP contribution in [-0.2, 0) is 30.0 Å². The van der Waals surface area contributed by atoms with Gasteiger partial charge in [-0.15, -0.1) is 0 Å². The first-order chi connectivity index (χ1) is 18.6. The van der Waals surface area contributed by atoms with E-state index in [1.54, 1.807) is 0 Å². The molecule has 7 nitrogen and oxygen atoms in total. The fourth-order valence-electron chi connectivity index (χ4n) is 7.89. The maximum Gasteiger partial charge on any atom is 0.314 e. The maximum atomic E-state index is 6.89. The van der Waals surface area contributed by atoms with Crippen molar-refractivity contribution in [2.75, 3.05) is 0 Å². The average molecular weight is 679 g/mol. The van der Waals surface area contributed by atoms with Crippen molar-refractivity contribution in [3.63, 3.8) is 0 Å². The van der Waals surface area contributed by atoms with Gasteiger partial charge in [0.2, 0.25) is 0 Å². The molecule has 240 valence electrons. The molecule has 4 aliphatic rings. The van der Waals surface area contributed by atoms with Crippen LogP contribution < -0.4 is 0 Å². The second kappa shape index (κ2) is 12.7. The molecule has 2 aliphatic heterocycles. The number of hydrogen-bond acceptors (Lipinski definition) is 7. The highest BCUT2D eigenvalue weighted by atomic mass is 28.5. The zero-order valence-corrected chi connectivity index (χ0v) is 34.4. The summed E-state index contributed by atoms with van der Waals surface area (Å²) in [5.41, 5.74) is 0. The van der Waals surface area contributed by atoms with Gasteiger partial charge in [0.1, 0.15) is 0 Å². The normalized spacial score (nSPS) is 31.0. The third-order valence-corrected chi connectivity index (χ3v) is 32.2. The Labute approximate surface area is 258 Å². The van der Waals surface area contributed by atoms with Gasteiger partial charge in [0, 0.05) is 0 Å². The first-order valence-electron chi connectivity index (χ1n) is 16.4. The molecule has 0 aromatic heterocycles. The largest absolute Gasteiger partial charge is 0.436 e. The Hall–Kier alpha value is 1.02. The SMILES string of the molecule is C[Si](C)(CCC1CCC2OC2C1)O[Si](C)(C)O[Si](C)(C)O[Si](C)(C)O[Si](C)(C)O[Si](C)(C)CCC1CCC2OC2C1. The molecular weight excluding hydrogens is 617 g/mol. The van der Waals surface area contributed by atoms with Crippen LogP contribution >= 0.6 is 0 Å². The monoisotopic (exact) mass is 678 g/mol. The minimum atomic E-state index is -2.49. The predicted octanol–water partition coefficient (Wildman–Crippen LogP) is 8.20. The summed E-state index contributed by atoms with van der Waals surface area (Å²) in [6, 6.07) is 2.38. The topological polar surface area (TPSA) is 71.2 Å². The van der Waals surface area contributed by atoms with E-state index in [1.807, 2.05) is 0 Å². The van der Waals surface area contributed by atoms with Gasteiger partial charge in [0.15, 0.2) is 16.6 Å². The van der Waals surface area contributed by atoms with Crippen LogP contribution in [0.5, 0.6) is 0 Å². The fourth-order valence-corrected chi connectivity index (χ4v) is 37.9. The summed E-state index contributed by atoms with van der Waals surface area (Å²) in [6.45, 7) is 26.9. The van der Waals surface area contributed by atoms with E-state index in [0.717, 1.165) is 11.8 Å². The Morgan fingerprint density at radius 1 is 0.439 bits per heavy atom. The van der Waals surface area contributed by atoms with Crippen molar-refractivity contribution in [2.45, 2.75) is 166 Å². The van der Waals surface area contributed by atoms with Crippen LogP contribution in [0.2, 0.25) is 90.7 Å². The Bertz CT molecular complexity index is 829. The van der Waals surface area contributed by atoms with E-state index in [-0.39, 0.29) is 0 Å². The van der Waals surface area contributed by atoms with E-state index < -0.39 is 50.9 Å². The molecule has 0 amide bonds. The predicted molar refractivity (Wildman–Crippen MR) is 181 cm³/mol. The van der Waals surface area contributed by atoms with Crippen LogP contribution in [0.3, 0.4) is 0 Å². The highest BCUT2D eigenvalue weighted by Gasteiger charge is 2.49. The highest BCUT2D eigenvalue weighted by Crippen LogP contribution is 2.43. The van der Waals surface area contributed by atoms with Crippen molar-refractivity contribution in [2.24, 2.45) is 11.8 Å². The lowest BCUT2D eigenvalue weighted by atomic mass is 9.88. The first-order valence-corrected chi connectivity index (χ1v) is 33.9. The van der Waals surface area contributed by atoms with Gasteiger partial charge in [-0.1, -0.05) is 12.8 Å². The Morgan fingerprint density at radius 3 is 1.07 bits per heavy atom. The lowest BCUT2D eigenvalue weighted by Crippen LogP contribution is -2.60. The number of hydrogen-bond donors (Lipinski definition) is 0. The standard InChI is InChI=1S/C28H62O7Si6/c1-36(2,19-17-23-13-15-25-27(21-23)29-25)31-38(5,6)33-40(9,10)35-41(11,12)34-39(7,8)32-37(3,4)20-18-24-14-16-26-28(22-24)30-26/h23-28H,13-22H2,1-12H3. The Kier molecular flexibility index (Phi) is 10.8. The summed E-state index contributed by atoms with van der Waals surface area (Å²) in [4.78, 5) is 0. The van der Waals surface area contributed by atoms with Crippen LogP contribution in [0.25, 0.3) is 0 Å². The van der Waals surface area contributed by atoms with Crippen molar-refractivity contribution in [1.82, 2.24) is 0 Å². The van der Waals surface area contributed by atoms with E-state index in [4.69, 9.17) is 30.0 Å². The zero-order chi connectivity index (χ0) is 30.5. The molecule has 4 fully saturated rings. The summed E-state index contributed by atoms with van der Waals surface area (Å²) in [6.07, 6.45) is 12.4.